The van der Waals surface area contributed by atoms with E-state index in [-0.39, 0.29) is 17.9 Å². The Morgan fingerprint density at radius 1 is 1.29 bits per heavy atom. The maximum atomic E-state index is 10.9. The number of nitriles is 2. The predicted octanol–water partition coefficient (Wildman–Crippen LogP) is 1.52. The van der Waals surface area contributed by atoms with Crippen LogP contribution in [-0.4, -0.2) is 13.1 Å². The van der Waals surface area contributed by atoms with E-state index in [1.165, 1.54) is 13.2 Å². The van der Waals surface area contributed by atoms with Crippen LogP contribution in [0.3, 0.4) is 0 Å². The fraction of sp³-hybridized carbons (Fsp3) is 0.312. The van der Waals surface area contributed by atoms with Crippen molar-refractivity contribution >= 4 is 5.97 Å². The summed E-state index contributed by atoms with van der Waals surface area (Å²) in [6.45, 7) is 3.87. The molecule has 0 saturated carbocycles. The van der Waals surface area contributed by atoms with Crippen molar-refractivity contribution < 1.29 is 14.6 Å². The van der Waals surface area contributed by atoms with E-state index >= 15 is 0 Å². The smallest absolute Gasteiger partial charge is 0.137 e. The van der Waals surface area contributed by atoms with Crippen molar-refractivity contribution in [1.29, 1.82) is 10.5 Å². The van der Waals surface area contributed by atoms with Crippen LogP contribution in [0.5, 0.6) is 0 Å². The van der Waals surface area contributed by atoms with Crippen molar-refractivity contribution in [2.75, 3.05) is 7.11 Å². The van der Waals surface area contributed by atoms with Crippen molar-refractivity contribution in [3.05, 3.63) is 46.3 Å². The molecule has 0 unspecified atom stereocenters. The zero-order valence-corrected chi connectivity index (χ0v) is 12.1. The predicted molar refractivity (Wildman–Crippen MR) is 74.0 cm³/mol. The van der Waals surface area contributed by atoms with E-state index in [0.29, 0.717) is 16.9 Å². The number of carboxylic acids is 1. The number of hydrogen-bond donors (Lipinski definition) is 0. The minimum Gasteiger partial charge on any atom is -0.550 e. The van der Waals surface area contributed by atoms with Gasteiger partial charge in [-0.2, -0.15) is 10.5 Å². The molecule has 21 heavy (non-hydrogen) atoms. The van der Waals surface area contributed by atoms with Gasteiger partial charge in [0.25, 0.3) is 0 Å². The Morgan fingerprint density at radius 3 is 2.33 bits per heavy atom. The standard InChI is InChI=1S/C16H16N2O3/c1-10(2)11-4-12(14(8-17)9-18)6-15(21-3)13(5-11)7-16(19)20/h4-6,10H,7H2,1-3H3,(H,19,20)/p-1. The first kappa shape index (κ1) is 16.3. The van der Waals surface area contributed by atoms with Crippen LogP contribution in [0.25, 0.3) is 0 Å². The van der Waals surface area contributed by atoms with Crippen LogP contribution in [0.1, 0.15) is 20.3 Å². The minimum atomic E-state index is -1.22. The van der Waals surface area contributed by atoms with Crippen molar-refractivity contribution in [3.63, 3.8) is 0 Å². The average molecular weight is 283 g/mol. The lowest BCUT2D eigenvalue weighted by atomic mass is 9.98. The third-order valence-corrected chi connectivity index (χ3v) is 3.00. The van der Waals surface area contributed by atoms with Crippen molar-refractivity contribution in [1.82, 2.24) is 0 Å². The van der Waals surface area contributed by atoms with Crippen LogP contribution >= 0.6 is 0 Å². The number of aliphatic carboxylic acids is 1. The number of hydrogen-bond acceptors (Lipinski definition) is 5. The Bertz CT molecular complexity index is 634. The number of allylic oxidation sites excluding steroid dienone is 7. The van der Waals surface area contributed by atoms with Gasteiger partial charge in [-0.1, -0.05) is 19.9 Å². The Labute approximate surface area is 123 Å². The molecule has 0 heterocycles. The Morgan fingerprint density at radius 2 is 1.90 bits per heavy atom. The lowest BCUT2D eigenvalue weighted by molar-refractivity contribution is -0.304. The van der Waals surface area contributed by atoms with Gasteiger partial charge in [0.1, 0.15) is 23.5 Å². The summed E-state index contributed by atoms with van der Waals surface area (Å²) in [5.74, 6) is -0.815. The molecule has 0 fully saturated rings. The van der Waals surface area contributed by atoms with E-state index in [2.05, 4.69) is 0 Å². The Hall–Kier alpha value is -2.79. The van der Waals surface area contributed by atoms with E-state index in [0.717, 1.165) is 5.57 Å². The summed E-state index contributed by atoms with van der Waals surface area (Å²) in [5.41, 5.74) is 1.62. The summed E-state index contributed by atoms with van der Waals surface area (Å²) >= 11 is 0. The van der Waals surface area contributed by atoms with Crippen LogP contribution in [0.2, 0.25) is 0 Å². The minimum absolute atomic E-state index is 0.0502. The quantitative estimate of drug-likeness (QED) is 0.729. The number of carbonyl (C=O) groups excluding carboxylic acids is 1. The molecule has 108 valence electrons. The molecular weight excluding hydrogens is 268 g/mol. The molecule has 1 aliphatic rings. The van der Waals surface area contributed by atoms with Crippen LogP contribution in [0.15, 0.2) is 46.3 Å². The summed E-state index contributed by atoms with van der Waals surface area (Å²) in [6.07, 6.45) is 4.61. The maximum absolute atomic E-state index is 10.9. The first-order valence-corrected chi connectivity index (χ1v) is 6.35. The molecule has 0 aromatic heterocycles. The van der Waals surface area contributed by atoms with Crippen LogP contribution in [-0.2, 0) is 9.53 Å². The maximum Gasteiger partial charge on any atom is 0.137 e. The fourth-order valence-electron chi connectivity index (χ4n) is 1.88. The van der Waals surface area contributed by atoms with Gasteiger partial charge in [-0.05, 0) is 23.6 Å². The summed E-state index contributed by atoms with van der Waals surface area (Å²) in [6, 6.07) is 3.66. The zero-order valence-electron chi connectivity index (χ0n) is 12.1. The highest BCUT2D eigenvalue weighted by Crippen LogP contribution is 2.28. The molecule has 1 aliphatic carbocycles. The van der Waals surface area contributed by atoms with E-state index in [1.54, 1.807) is 12.2 Å². The molecule has 0 N–H and O–H groups in total. The molecule has 0 atom stereocenters. The topological polar surface area (TPSA) is 96.9 Å². The zero-order chi connectivity index (χ0) is 16.0. The average Bonchev–Trinajstić information content (AvgIpc) is 2.59. The molecule has 0 aromatic carbocycles. The van der Waals surface area contributed by atoms with Gasteiger partial charge in [0.05, 0.1) is 7.11 Å². The fourth-order valence-corrected chi connectivity index (χ4v) is 1.88. The molecule has 0 aromatic rings. The van der Waals surface area contributed by atoms with Gasteiger partial charge in [0.2, 0.25) is 0 Å². The van der Waals surface area contributed by atoms with Gasteiger partial charge in [-0.15, -0.1) is 0 Å². The number of methoxy groups -OCH3 is 1. The molecule has 5 nitrogen and oxygen atoms in total. The van der Waals surface area contributed by atoms with Crippen molar-refractivity contribution in [3.8, 4) is 12.1 Å². The lowest BCUT2D eigenvalue weighted by Crippen LogP contribution is -2.23. The first-order valence-electron chi connectivity index (χ1n) is 6.35. The highest BCUT2D eigenvalue weighted by atomic mass is 16.5. The molecule has 0 radical (unpaired) electrons. The summed E-state index contributed by atoms with van der Waals surface area (Å²) in [7, 11) is 1.41. The number of rotatable bonds is 4. The third kappa shape index (κ3) is 4.09. The second kappa shape index (κ2) is 7.12. The monoisotopic (exact) mass is 283 g/mol. The van der Waals surface area contributed by atoms with E-state index in [4.69, 9.17) is 15.3 Å². The number of carboxylic acid groups (broad SMARTS) is 1. The summed E-state index contributed by atoms with van der Waals surface area (Å²) in [5, 5.41) is 28.9. The van der Waals surface area contributed by atoms with Gasteiger partial charge in [0.15, 0.2) is 0 Å². The second-order valence-electron chi connectivity index (χ2n) is 4.78. The van der Waals surface area contributed by atoms with E-state index < -0.39 is 5.97 Å². The van der Waals surface area contributed by atoms with Crippen LogP contribution in [0, 0.1) is 28.6 Å². The Balaban J connectivity index is 3.54. The molecule has 0 aliphatic heterocycles. The normalized spacial score (nSPS) is 14.2. The van der Waals surface area contributed by atoms with E-state index in [9.17, 15) is 9.90 Å². The van der Waals surface area contributed by atoms with Crippen molar-refractivity contribution in [2.24, 2.45) is 5.92 Å². The van der Waals surface area contributed by atoms with Crippen LogP contribution < -0.4 is 5.11 Å². The largest absolute Gasteiger partial charge is 0.550 e. The SMILES string of the molecule is COC1=CC(=C(C#N)C#N)C=C(C(C)C)C=C1CC(=O)[O-]. The lowest BCUT2D eigenvalue weighted by Gasteiger charge is -2.12. The summed E-state index contributed by atoms with van der Waals surface area (Å²) in [4.78, 5) is 10.9. The summed E-state index contributed by atoms with van der Waals surface area (Å²) < 4.78 is 5.20. The van der Waals surface area contributed by atoms with Gasteiger partial charge in [-0.25, -0.2) is 0 Å². The van der Waals surface area contributed by atoms with Crippen LogP contribution in [0.4, 0.5) is 0 Å². The molecule has 0 spiro atoms. The highest BCUT2D eigenvalue weighted by Gasteiger charge is 2.16. The number of nitrogens with zero attached hydrogens (tertiary/aromatic N) is 2. The molecular formula is C16H15N2O3-. The third-order valence-electron chi connectivity index (χ3n) is 3.00. The molecule has 0 bridgehead atoms. The number of ether oxygens (including phenoxy) is 1. The van der Waals surface area contributed by atoms with Gasteiger partial charge in [-0.3, -0.25) is 0 Å². The van der Waals surface area contributed by atoms with E-state index in [1.807, 2.05) is 26.0 Å². The molecule has 1 rings (SSSR count). The highest BCUT2D eigenvalue weighted by molar-refractivity contribution is 5.70. The molecule has 5 heteroatoms. The van der Waals surface area contributed by atoms with Crippen molar-refractivity contribution in [2.45, 2.75) is 20.3 Å². The van der Waals surface area contributed by atoms with Gasteiger partial charge < -0.3 is 14.6 Å². The van der Waals surface area contributed by atoms with Gasteiger partial charge in [0, 0.05) is 23.5 Å². The number of carbonyl (C=O) groups is 1. The Kier molecular flexibility index (Phi) is 5.51. The second-order valence-corrected chi connectivity index (χ2v) is 4.78. The first-order chi connectivity index (χ1) is 9.92. The molecule has 0 saturated heterocycles. The molecule has 0 amide bonds. The van der Waals surface area contributed by atoms with Gasteiger partial charge >= 0.3 is 0 Å².